The van der Waals surface area contributed by atoms with Gasteiger partial charge in [0.1, 0.15) is 18.1 Å². The van der Waals surface area contributed by atoms with Gasteiger partial charge >= 0.3 is 0 Å². The molecular weight excluding hydrogens is 300 g/mol. The molecular formula is C16H18N2O3S. The second kappa shape index (κ2) is 5.61. The number of hydrogen-bond donors (Lipinski definition) is 1. The van der Waals surface area contributed by atoms with E-state index in [2.05, 4.69) is 10.3 Å². The molecule has 3 rings (SSSR count). The summed E-state index contributed by atoms with van der Waals surface area (Å²) < 4.78 is 11.1. The Morgan fingerprint density at radius 3 is 2.68 bits per heavy atom. The van der Waals surface area contributed by atoms with Crippen molar-refractivity contribution in [1.29, 1.82) is 0 Å². The number of fused-ring (bicyclic) bond motifs is 1. The van der Waals surface area contributed by atoms with E-state index in [4.69, 9.17) is 9.47 Å². The van der Waals surface area contributed by atoms with Crippen molar-refractivity contribution in [2.45, 2.75) is 26.3 Å². The molecule has 0 radical (unpaired) electrons. The van der Waals surface area contributed by atoms with E-state index in [1.807, 2.05) is 39.0 Å². The smallest absolute Gasteiger partial charge is 0.263 e. The lowest BCUT2D eigenvalue weighted by Gasteiger charge is -2.28. The van der Waals surface area contributed by atoms with E-state index in [0.717, 1.165) is 22.8 Å². The largest absolute Gasteiger partial charge is 0.486 e. The normalized spacial score (nSPS) is 13.8. The van der Waals surface area contributed by atoms with Crippen LogP contribution in [0, 0.1) is 6.92 Å². The van der Waals surface area contributed by atoms with E-state index in [-0.39, 0.29) is 5.91 Å². The number of aryl methyl sites for hydroxylation is 1. The van der Waals surface area contributed by atoms with Gasteiger partial charge in [-0.1, -0.05) is 6.07 Å². The number of carbonyl (C=O) groups is 1. The lowest BCUT2D eigenvalue weighted by molar-refractivity contribution is 0.0915. The first kappa shape index (κ1) is 14.8. The van der Waals surface area contributed by atoms with Gasteiger partial charge in [-0.15, -0.1) is 11.3 Å². The van der Waals surface area contributed by atoms with Gasteiger partial charge in [0, 0.05) is 0 Å². The molecule has 0 saturated carbocycles. The molecule has 1 aliphatic rings. The van der Waals surface area contributed by atoms with Crippen molar-refractivity contribution >= 4 is 17.2 Å². The molecule has 0 spiro atoms. The number of hydrogen-bond acceptors (Lipinski definition) is 5. The molecule has 2 heterocycles. The van der Waals surface area contributed by atoms with Crippen LogP contribution in [0.3, 0.4) is 0 Å². The van der Waals surface area contributed by atoms with E-state index in [0.29, 0.717) is 18.1 Å². The Labute approximate surface area is 133 Å². The van der Waals surface area contributed by atoms with Crippen LogP contribution in [-0.2, 0) is 5.54 Å². The number of rotatable bonds is 3. The van der Waals surface area contributed by atoms with E-state index in [9.17, 15) is 4.79 Å². The highest BCUT2D eigenvalue weighted by atomic mass is 32.1. The third-order valence-corrected chi connectivity index (χ3v) is 4.57. The molecule has 0 bridgehead atoms. The first-order valence-corrected chi connectivity index (χ1v) is 7.98. The van der Waals surface area contributed by atoms with Crippen molar-refractivity contribution in [3.8, 4) is 11.5 Å². The summed E-state index contributed by atoms with van der Waals surface area (Å²) in [7, 11) is 0. The van der Waals surface area contributed by atoms with Gasteiger partial charge in [0.15, 0.2) is 11.5 Å². The van der Waals surface area contributed by atoms with Crippen molar-refractivity contribution in [2.75, 3.05) is 13.2 Å². The molecule has 0 saturated heterocycles. The molecule has 1 aromatic heterocycles. The van der Waals surface area contributed by atoms with Gasteiger partial charge < -0.3 is 14.8 Å². The number of ether oxygens (including phenoxy) is 2. The Morgan fingerprint density at radius 2 is 2.00 bits per heavy atom. The summed E-state index contributed by atoms with van der Waals surface area (Å²) in [4.78, 5) is 17.2. The Kier molecular flexibility index (Phi) is 3.78. The maximum absolute atomic E-state index is 12.4. The summed E-state index contributed by atoms with van der Waals surface area (Å²) in [5.74, 6) is 1.36. The van der Waals surface area contributed by atoms with E-state index in [1.165, 1.54) is 11.3 Å². The number of thiazole rings is 1. The van der Waals surface area contributed by atoms with Crippen molar-refractivity contribution in [3.63, 3.8) is 0 Å². The zero-order valence-electron chi connectivity index (χ0n) is 12.8. The average Bonchev–Trinajstić information content (AvgIpc) is 2.92. The van der Waals surface area contributed by atoms with E-state index < -0.39 is 5.54 Å². The predicted octanol–water partition coefficient (Wildman–Crippen LogP) is 2.89. The quantitative estimate of drug-likeness (QED) is 0.945. The fraction of sp³-hybridized carbons (Fsp3) is 0.375. The van der Waals surface area contributed by atoms with Crippen molar-refractivity contribution < 1.29 is 14.3 Å². The number of nitrogens with zero attached hydrogens (tertiary/aromatic N) is 1. The first-order chi connectivity index (χ1) is 10.5. The molecule has 1 amide bonds. The average molecular weight is 318 g/mol. The van der Waals surface area contributed by atoms with Gasteiger partial charge in [-0.05, 0) is 38.5 Å². The summed E-state index contributed by atoms with van der Waals surface area (Å²) in [5, 5.41) is 3.06. The topological polar surface area (TPSA) is 60.5 Å². The lowest BCUT2D eigenvalue weighted by Crippen LogP contribution is -2.41. The first-order valence-electron chi connectivity index (χ1n) is 7.10. The van der Waals surface area contributed by atoms with Crippen LogP contribution in [0.25, 0.3) is 0 Å². The zero-order chi connectivity index (χ0) is 15.7. The van der Waals surface area contributed by atoms with Crippen LogP contribution in [0.4, 0.5) is 0 Å². The van der Waals surface area contributed by atoms with Crippen molar-refractivity contribution in [1.82, 2.24) is 10.3 Å². The molecule has 1 N–H and O–H groups in total. The van der Waals surface area contributed by atoms with Crippen LogP contribution >= 0.6 is 11.3 Å². The maximum Gasteiger partial charge on any atom is 0.263 e. The molecule has 1 aromatic carbocycles. The highest BCUT2D eigenvalue weighted by Crippen LogP contribution is 2.34. The number of aromatic nitrogens is 1. The molecule has 116 valence electrons. The number of amides is 1. The fourth-order valence-corrected chi connectivity index (χ4v) is 3.06. The summed E-state index contributed by atoms with van der Waals surface area (Å²) in [6.07, 6.45) is 0. The van der Waals surface area contributed by atoms with Crippen LogP contribution < -0.4 is 14.8 Å². The van der Waals surface area contributed by atoms with Crippen LogP contribution in [0.15, 0.2) is 23.7 Å². The highest BCUT2D eigenvalue weighted by molar-refractivity contribution is 7.11. The summed E-state index contributed by atoms with van der Waals surface area (Å²) in [6.45, 7) is 6.88. The van der Waals surface area contributed by atoms with E-state index in [1.54, 1.807) is 5.51 Å². The van der Waals surface area contributed by atoms with Gasteiger partial charge in [-0.25, -0.2) is 4.98 Å². The second-order valence-corrected chi connectivity index (χ2v) is 6.56. The van der Waals surface area contributed by atoms with Crippen LogP contribution in [-0.4, -0.2) is 24.1 Å². The summed E-state index contributed by atoms with van der Waals surface area (Å²) >= 11 is 1.35. The lowest BCUT2D eigenvalue weighted by atomic mass is 9.93. The third kappa shape index (κ3) is 2.78. The van der Waals surface area contributed by atoms with Gasteiger partial charge in [-0.2, -0.15) is 0 Å². The molecule has 0 fully saturated rings. The zero-order valence-corrected chi connectivity index (χ0v) is 13.6. The van der Waals surface area contributed by atoms with Gasteiger partial charge in [0.05, 0.1) is 16.7 Å². The summed E-state index contributed by atoms with van der Waals surface area (Å²) in [5.41, 5.74) is 2.87. The van der Waals surface area contributed by atoms with Crippen LogP contribution in [0.2, 0.25) is 0 Å². The minimum atomic E-state index is -0.524. The van der Waals surface area contributed by atoms with Gasteiger partial charge in [0.25, 0.3) is 5.91 Å². The molecule has 0 unspecified atom stereocenters. The van der Waals surface area contributed by atoms with Gasteiger partial charge in [0.2, 0.25) is 0 Å². The van der Waals surface area contributed by atoms with Gasteiger partial charge in [-0.3, -0.25) is 4.79 Å². The van der Waals surface area contributed by atoms with Crippen molar-refractivity contribution in [3.05, 3.63) is 39.8 Å². The predicted molar refractivity (Wildman–Crippen MR) is 84.8 cm³/mol. The fourth-order valence-electron chi connectivity index (χ4n) is 2.36. The second-order valence-electron chi connectivity index (χ2n) is 5.70. The molecule has 5 nitrogen and oxygen atoms in total. The molecule has 1 aliphatic heterocycles. The highest BCUT2D eigenvalue weighted by Gasteiger charge is 2.26. The van der Waals surface area contributed by atoms with Crippen LogP contribution in [0.1, 0.15) is 34.8 Å². The SMILES string of the molecule is Cc1ncsc1C(=O)NC(C)(C)c1ccc2c(c1)OCCO2. The summed E-state index contributed by atoms with van der Waals surface area (Å²) in [6, 6.07) is 5.76. The molecule has 6 heteroatoms. The maximum atomic E-state index is 12.4. The number of carbonyl (C=O) groups excluding carboxylic acids is 1. The Hall–Kier alpha value is -2.08. The minimum Gasteiger partial charge on any atom is -0.486 e. The standard InChI is InChI=1S/C16H18N2O3S/c1-10-14(22-9-17-10)15(19)18-16(2,3)11-4-5-12-13(8-11)21-7-6-20-12/h4-5,8-9H,6-7H2,1-3H3,(H,18,19). The van der Waals surface area contributed by atoms with Crippen LogP contribution in [0.5, 0.6) is 11.5 Å². The minimum absolute atomic E-state index is 0.111. The van der Waals surface area contributed by atoms with E-state index >= 15 is 0 Å². The molecule has 0 aliphatic carbocycles. The Balaban J connectivity index is 1.83. The Bertz CT molecular complexity index is 709. The number of nitrogens with one attached hydrogen (secondary N) is 1. The monoisotopic (exact) mass is 318 g/mol. The third-order valence-electron chi connectivity index (χ3n) is 3.64. The Morgan fingerprint density at radius 1 is 1.27 bits per heavy atom. The van der Waals surface area contributed by atoms with Crippen molar-refractivity contribution in [2.24, 2.45) is 0 Å². The number of benzene rings is 1. The molecule has 0 atom stereocenters. The molecule has 2 aromatic rings. The molecule has 22 heavy (non-hydrogen) atoms.